The number of rotatable bonds is 10. The molecule has 0 spiro atoms. The highest BCUT2D eigenvalue weighted by molar-refractivity contribution is 5.96. The second-order valence-electron chi connectivity index (χ2n) is 5.41. The van der Waals surface area contributed by atoms with Crippen molar-refractivity contribution in [2.75, 3.05) is 19.8 Å². The first-order valence-corrected chi connectivity index (χ1v) is 7.98. The maximum absolute atomic E-state index is 12.3. The molecule has 25 heavy (non-hydrogen) atoms. The highest BCUT2D eigenvalue weighted by atomic mass is 16.5. The third kappa shape index (κ3) is 6.27. The van der Waals surface area contributed by atoms with E-state index < -0.39 is 5.97 Å². The van der Waals surface area contributed by atoms with Crippen LogP contribution in [-0.2, 0) is 11.2 Å². The van der Waals surface area contributed by atoms with Crippen LogP contribution in [0.1, 0.15) is 22.3 Å². The van der Waals surface area contributed by atoms with E-state index in [1.165, 1.54) is 0 Å². The molecule has 2 aromatic rings. The Morgan fingerprint density at radius 1 is 1.00 bits per heavy atom. The van der Waals surface area contributed by atoms with Gasteiger partial charge < -0.3 is 20.3 Å². The second kappa shape index (κ2) is 9.44. The lowest BCUT2D eigenvalue weighted by molar-refractivity contribution is -0.139. The molecule has 132 valence electrons. The molecule has 6 nitrogen and oxygen atoms in total. The van der Waals surface area contributed by atoms with Gasteiger partial charge in [0.2, 0.25) is 0 Å². The molecule has 0 aromatic heterocycles. The van der Waals surface area contributed by atoms with Gasteiger partial charge in [0.15, 0.2) is 12.4 Å². The van der Waals surface area contributed by atoms with Crippen molar-refractivity contribution in [2.24, 2.45) is 5.73 Å². The van der Waals surface area contributed by atoms with Gasteiger partial charge in [-0.1, -0.05) is 24.3 Å². The topological polar surface area (TPSA) is 98.9 Å². The first kappa shape index (κ1) is 18.5. The zero-order chi connectivity index (χ0) is 18.1. The number of Topliss-reactive ketones (excluding diaryl/α,β-unsaturated/α-hetero) is 1. The predicted octanol–water partition coefficient (Wildman–Crippen LogP) is 2.30. The van der Waals surface area contributed by atoms with Gasteiger partial charge in [0.25, 0.3) is 0 Å². The zero-order valence-electron chi connectivity index (χ0n) is 13.8. The van der Waals surface area contributed by atoms with Gasteiger partial charge in [0, 0.05) is 18.5 Å². The summed E-state index contributed by atoms with van der Waals surface area (Å²) in [7, 11) is 0. The van der Waals surface area contributed by atoms with Gasteiger partial charge in [-0.25, -0.2) is 4.79 Å². The first-order valence-electron chi connectivity index (χ1n) is 7.98. The fourth-order valence-corrected chi connectivity index (χ4v) is 2.24. The molecule has 0 saturated carbocycles. The monoisotopic (exact) mass is 343 g/mol. The van der Waals surface area contributed by atoms with E-state index in [2.05, 4.69) is 0 Å². The van der Waals surface area contributed by atoms with Crippen LogP contribution in [-0.4, -0.2) is 36.6 Å². The quantitative estimate of drug-likeness (QED) is 0.642. The lowest BCUT2D eigenvalue weighted by Gasteiger charge is -2.07. The molecule has 6 heteroatoms. The molecule has 0 aliphatic heterocycles. The Bertz CT molecular complexity index is 712. The van der Waals surface area contributed by atoms with E-state index in [1.807, 2.05) is 12.1 Å². The molecule has 0 fully saturated rings. The number of carbonyl (C=O) groups is 2. The fraction of sp³-hybridized carbons (Fsp3) is 0.263. The average Bonchev–Trinajstić information content (AvgIpc) is 2.63. The molecule has 2 rings (SSSR count). The van der Waals surface area contributed by atoms with E-state index in [0.717, 1.165) is 5.56 Å². The maximum atomic E-state index is 12.3. The van der Waals surface area contributed by atoms with Crippen LogP contribution in [0.4, 0.5) is 0 Å². The number of aryl methyl sites for hydroxylation is 1. The van der Waals surface area contributed by atoms with Gasteiger partial charge >= 0.3 is 5.97 Å². The van der Waals surface area contributed by atoms with Gasteiger partial charge in [0.1, 0.15) is 18.1 Å². The Kier molecular flexibility index (Phi) is 6.98. The Hall–Kier alpha value is -2.86. The number of aliphatic carboxylic acids is 1. The van der Waals surface area contributed by atoms with E-state index in [4.69, 9.17) is 20.3 Å². The van der Waals surface area contributed by atoms with Crippen LogP contribution in [0.2, 0.25) is 0 Å². The van der Waals surface area contributed by atoms with E-state index in [0.29, 0.717) is 43.1 Å². The SMILES string of the molecule is NCCOc1cccc(C(=O)CCc2ccc(OCC(=O)O)cc2)c1. The highest BCUT2D eigenvalue weighted by Gasteiger charge is 2.08. The van der Waals surface area contributed by atoms with E-state index >= 15 is 0 Å². The lowest BCUT2D eigenvalue weighted by Crippen LogP contribution is -2.11. The van der Waals surface area contributed by atoms with Crippen molar-refractivity contribution in [2.45, 2.75) is 12.8 Å². The summed E-state index contributed by atoms with van der Waals surface area (Å²) in [6.45, 7) is 0.457. The molecule has 0 atom stereocenters. The van der Waals surface area contributed by atoms with Crippen LogP contribution >= 0.6 is 0 Å². The largest absolute Gasteiger partial charge is 0.492 e. The van der Waals surface area contributed by atoms with E-state index in [-0.39, 0.29) is 12.4 Å². The number of hydrogen-bond acceptors (Lipinski definition) is 5. The summed E-state index contributed by atoms with van der Waals surface area (Å²) < 4.78 is 10.5. The molecule has 0 radical (unpaired) electrons. The van der Waals surface area contributed by atoms with Gasteiger partial charge in [-0.3, -0.25) is 4.79 Å². The Labute approximate surface area is 146 Å². The fourth-order valence-electron chi connectivity index (χ4n) is 2.24. The summed E-state index contributed by atoms with van der Waals surface area (Å²) in [5, 5.41) is 8.57. The van der Waals surface area contributed by atoms with Crippen LogP contribution in [0.5, 0.6) is 11.5 Å². The van der Waals surface area contributed by atoms with Gasteiger partial charge in [0.05, 0.1) is 0 Å². The van der Waals surface area contributed by atoms with Crippen LogP contribution in [0, 0.1) is 0 Å². The van der Waals surface area contributed by atoms with Crippen molar-refractivity contribution < 1.29 is 24.2 Å². The maximum Gasteiger partial charge on any atom is 0.341 e. The molecule has 0 aliphatic rings. The third-order valence-electron chi connectivity index (χ3n) is 3.47. The smallest absolute Gasteiger partial charge is 0.341 e. The molecule has 0 heterocycles. The number of carboxylic acid groups (broad SMARTS) is 1. The van der Waals surface area contributed by atoms with Crippen molar-refractivity contribution in [3.63, 3.8) is 0 Å². The normalized spacial score (nSPS) is 10.3. The molecule has 0 amide bonds. The second-order valence-corrected chi connectivity index (χ2v) is 5.41. The molecule has 2 aromatic carbocycles. The highest BCUT2D eigenvalue weighted by Crippen LogP contribution is 2.17. The predicted molar refractivity (Wildman–Crippen MR) is 93.2 cm³/mol. The molecule has 0 unspecified atom stereocenters. The summed E-state index contributed by atoms with van der Waals surface area (Å²) >= 11 is 0. The Morgan fingerprint density at radius 3 is 2.44 bits per heavy atom. The van der Waals surface area contributed by atoms with Crippen molar-refractivity contribution in [1.82, 2.24) is 0 Å². The van der Waals surface area contributed by atoms with Crippen LogP contribution < -0.4 is 15.2 Å². The van der Waals surface area contributed by atoms with E-state index in [1.54, 1.807) is 36.4 Å². The summed E-state index contributed by atoms with van der Waals surface area (Å²) in [6.07, 6.45) is 0.960. The summed E-state index contributed by atoms with van der Waals surface area (Å²) in [6, 6.07) is 14.1. The summed E-state index contributed by atoms with van der Waals surface area (Å²) in [5.41, 5.74) is 6.99. The van der Waals surface area contributed by atoms with Crippen LogP contribution in [0.15, 0.2) is 48.5 Å². The van der Waals surface area contributed by atoms with Crippen molar-refractivity contribution in [3.8, 4) is 11.5 Å². The zero-order valence-corrected chi connectivity index (χ0v) is 13.8. The van der Waals surface area contributed by atoms with Gasteiger partial charge in [-0.15, -0.1) is 0 Å². The minimum absolute atomic E-state index is 0.0319. The summed E-state index contributed by atoms with van der Waals surface area (Å²) in [4.78, 5) is 22.8. The number of benzene rings is 2. The minimum Gasteiger partial charge on any atom is -0.492 e. The number of hydrogen-bond donors (Lipinski definition) is 2. The number of nitrogens with two attached hydrogens (primary N) is 1. The van der Waals surface area contributed by atoms with Crippen LogP contribution in [0.25, 0.3) is 0 Å². The van der Waals surface area contributed by atoms with Crippen LogP contribution in [0.3, 0.4) is 0 Å². The minimum atomic E-state index is -1.02. The molecular weight excluding hydrogens is 322 g/mol. The molecule has 3 N–H and O–H groups in total. The first-order chi connectivity index (χ1) is 12.1. The Morgan fingerprint density at radius 2 is 1.76 bits per heavy atom. The molecule has 0 saturated heterocycles. The Balaban J connectivity index is 1.88. The molecule has 0 aliphatic carbocycles. The van der Waals surface area contributed by atoms with Gasteiger partial charge in [-0.05, 0) is 36.2 Å². The standard InChI is InChI=1S/C19H21NO5/c20-10-11-24-17-3-1-2-15(12-17)18(21)9-6-14-4-7-16(8-5-14)25-13-19(22)23/h1-5,7-8,12H,6,9-11,13,20H2,(H,22,23). The number of ketones is 1. The third-order valence-corrected chi connectivity index (χ3v) is 3.47. The number of carboxylic acids is 1. The average molecular weight is 343 g/mol. The van der Waals surface area contributed by atoms with E-state index in [9.17, 15) is 9.59 Å². The van der Waals surface area contributed by atoms with Gasteiger partial charge in [-0.2, -0.15) is 0 Å². The molecule has 0 bridgehead atoms. The van der Waals surface area contributed by atoms with Crippen molar-refractivity contribution in [1.29, 1.82) is 0 Å². The number of ether oxygens (including phenoxy) is 2. The number of carbonyl (C=O) groups excluding carboxylic acids is 1. The van der Waals surface area contributed by atoms with Crippen molar-refractivity contribution in [3.05, 3.63) is 59.7 Å². The van der Waals surface area contributed by atoms with Crippen molar-refractivity contribution >= 4 is 11.8 Å². The lowest BCUT2D eigenvalue weighted by atomic mass is 10.0. The molecular formula is C19H21NO5. The summed E-state index contributed by atoms with van der Waals surface area (Å²) in [5.74, 6) is 0.134.